The summed E-state index contributed by atoms with van der Waals surface area (Å²) in [5, 5.41) is 2.95. The Morgan fingerprint density at radius 2 is 2.00 bits per heavy atom. The molecule has 0 radical (unpaired) electrons. The molecule has 0 aromatic heterocycles. The van der Waals surface area contributed by atoms with E-state index in [9.17, 15) is 4.79 Å². The number of amides is 1. The SMILES string of the molecule is C=CC(=O)NC(C)(CC)CCOC(C)(C)CCN. The average Bonchev–Trinajstić information content (AvgIpc) is 2.28. The Labute approximate surface area is 111 Å². The zero-order valence-electron chi connectivity index (χ0n) is 12.2. The fraction of sp³-hybridized carbons (Fsp3) is 0.786. The van der Waals surface area contributed by atoms with Gasteiger partial charge < -0.3 is 15.8 Å². The van der Waals surface area contributed by atoms with E-state index in [0.717, 1.165) is 19.3 Å². The minimum absolute atomic E-state index is 0.138. The van der Waals surface area contributed by atoms with Gasteiger partial charge in [0.2, 0.25) is 5.91 Å². The number of hydrogen-bond donors (Lipinski definition) is 2. The maximum absolute atomic E-state index is 11.4. The van der Waals surface area contributed by atoms with Gasteiger partial charge >= 0.3 is 0 Å². The van der Waals surface area contributed by atoms with Crippen LogP contribution in [0.2, 0.25) is 0 Å². The minimum atomic E-state index is -0.246. The van der Waals surface area contributed by atoms with Crippen molar-refractivity contribution in [3.8, 4) is 0 Å². The van der Waals surface area contributed by atoms with Gasteiger partial charge in [-0.1, -0.05) is 13.5 Å². The first-order chi connectivity index (χ1) is 8.28. The second kappa shape index (κ2) is 7.54. The van der Waals surface area contributed by atoms with Crippen LogP contribution < -0.4 is 11.1 Å². The topological polar surface area (TPSA) is 64.3 Å². The molecule has 106 valence electrons. The van der Waals surface area contributed by atoms with Crippen LogP contribution in [0.25, 0.3) is 0 Å². The monoisotopic (exact) mass is 256 g/mol. The van der Waals surface area contributed by atoms with E-state index in [4.69, 9.17) is 10.5 Å². The van der Waals surface area contributed by atoms with E-state index in [1.807, 2.05) is 27.7 Å². The number of rotatable bonds is 9. The van der Waals surface area contributed by atoms with E-state index in [1.165, 1.54) is 6.08 Å². The highest BCUT2D eigenvalue weighted by atomic mass is 16.5. The summed E-state index contributed by atoms with van der Waals surface area (Å²) in [6.07, 6.45) is 3.76. The molecule has 0 rings (SSSR count). The Bertz CT molecular complexity index is 277. The van der Waals surface area contributed by atoms with Gasteiger partial charge in [0.25, 0.3) is 0 Å². The summed E-state index contributed by atoms with van der Waals surface area (Å²) in [7, 11) is 0. The summed E-state index contributed by atoms with van der Waals surface area (Å²) in [4.78, 5) is 11.4. The third-order valence-electron chi connectivity index (χ3n) is 3.28. The van der Waals surface area contributed by atoms with Crippen LogP contribution in [0.1, 0.15) is 47.0 Å². The minimum Gasteiger partial charge on any atom is -0.375 e. The van der Waals surface area contributed by atoms with E-state index >= 15 is 0 Å². The van der Waals surface area contributed by atoms with Crippen molar-refractivity contribution in [3.63, 3.8) is 0 Å². The van der Waals surface area contributed by atoms with E-state index in [-0.39, 0.29) is 17.0 Å². The van der Waals surface area contributed by atoms with Crippen LogP contribution in [-0.4, -0.2) is 30.2 Å². The van der Waals surface area contributed by atoms with Crippen LogP contribution in [-0.2, 0) is 9.53 Å². The molecular formula is C14H28N2O2. The summed E-state index contributed by atoms with van der Waals surface area (Å²) < 4.78 is 5.83. The summed E-state index contributed by atoms with van der Waals surface area (Å²) in [6, 6.07) is 0. The van der Waals surface area contributed by atoms with E-state index in [2.05, 4.69) is 11.9 Å². The third kappa shape index (κ3) is 6.77. The normalized spacial score (nSPS) is 14.9. The van der Waals surface area contributed by atoms with Gasteiger partial charge in [-0.2, -0.15) is 0 Å². The lowest BCUT2D eigenvalue weighted by Gasteiger charge is -2.32. The molecule has 4 nitrogen and oxygen atoms in total. The van der Waals surface area contributed by atoms with Crippen LogP contribution in [0.5, 0.6) is 0 Å². The maximum atomic E-state index is 11.4. The predicted octanol–water partition coefficient (Wildman–Crippen LogP) is 1.99. The van der Waals surface area contributed by atoms with E-state index in [0.29, 0.717) is 13.2 Å². The van der Waals surface area contributed by atoms with Gasteiger partial charge in [-0.15, -0.1) is 0 Å². The van der Waals surface area contributed by atoms with Crippen molar-refractivity contribution in [2.75, 3.05) is 13.2 Å². The van der Waals surface area contributed by atoms with Crippen LogP contribution in [0.4, 0.5) is 0 Å². The summed E-state index contributed by atoms with van der Waals surface area (Å²) in [5.74, 6) is -0.138. The van der Waals surface area contributed by atoms with Gasteiger partial charge in [-0.3, -0.25) is 4.79 Å². The molecule has 0 aliphatic rings. The Morgan fingerprint density at radius 1 is 1.39 bits per heavy atom. The molecule has 0 spiro atoms. The number of hydrogen-bond acceptors (Lipinski definition) is 3. The second-order valence-corrected chi connectivity index (χ2v) is 5.50. The van der Waals surface area contributed by atoms with Crippen LogP contribution in [0, 0.1) is 0 Å². The molecule has 0 saturated carbocycles. The van der Waals surface area contributed by atoms with Gasteiger partial charge in [0.1, 0.15) is 0 Å². The fourth-order valence-corrected chi connectivity index (χ4v) is 1.65. The molecule has 18 heavy (non-hydrogen) atoms. The molecule has 1 atom stereocenters. The van der Waals surface area contributed by atoms with E-state index in [1.54, 1.807) is 0 Å². The molecule has 0 aliphatic carbocycles. The molecule has 0 saturated heterocycles. The third-order valence-corrected chi connectivity index (χ3v) is 3.28. The summed E-state index contributed by atoms with van der Waals surface area (Å²) >= 11 is 0. The van der Waals surface area contributed by atoms with Gasteiger partial charge in [0.15, 0.2) is 0 Å². The van der Waals surface area contributed by atoms with Crippen LogP contribution in [0.15, 0.2) is 12.7 Å². The molecule has 4 heteroatoms. The molecule has 0 heterocycles. The molecule has 0 aliphatic heterocycles. The number of ether oxygens (including phenoxy) is 1. The fourth-order valence-electron chi connectivity index (χ4n) is 1.65. The number of carbonyl (C=O) groups is 1. The molecule has 0 aromatic rings. The van der Waals surface area contributed by atoms with Crippen molar-refractivity contribution in [3.05, 3.63) is 12.7 Å². The highest BCUT2D eigenvalue weighted by Crippen LogP contribution is 2.19. The van der Waals surface area contributed by atoms with Crippen molar-refractivity contribution in [2.45, 2.75) is 58.1 Å². The van der Waals surface area contributed by atoms with Gasteiger partial charge in [-0.05, 0) is 52.7 Å². The Kier molecular flexibility index (Phi) is 7.18. The smallest absolute Gasteiger partial charge is 0.243 e. The molecule has 0 fully saturated rings. The maximum Gasteiger partial charge on any atom is 0.243 e. The lowest BCUT2D eigenvalue weighted by molar-refractivity contribution is -0.118. The highest BCUT2D eigenvalue weighted by molar-refractivity contribution is 5.87. The zero-order chi connectivity index (χ0) is 14.2. The molecule has 3 N–H and O–H groups in total. The summed E-state index contributed by atoms with van der Waals surface area (Å²) in [5.41, 5.74) is 5.09. The number of nitrogens with two attached hydrogens (primary N) is 1. The predicted molar refractivity (Wildman–Crippen MR) is 75.4 cm³/mol. The Balaban J connectivity index is 4.22. The highest BCUT2D eigenvalue weighted by Gasteiger charge is 2.25. The number of carbonyl (C=O) groups excluding carboxylic acids is 1. The zero-order valence-corrected chi connectivity index (χ0v) is 12.2. The molecular weight excluding hydrogens is 228 g/mol. The lowest BCUT2D eigenvalue weighted by Crippen LogP contribution is -2.46. The van der Waals surface area contributed by atoms with Gasteiger partial charge in [0, 0.05) is 12.1 Å². The van der Waals surface area contributed by atoms with Crippen molar-refractivity contribution < 1.29 is 9.53 Å². The quantitative estimate of drug-likeness (QED) is 0.620. The molecule has 1 amide bonds. The molecule has 0 aromatic carbocycles. The molecule has 1 unspecified atom stereocenters. The van der Waals surface area contributed by atoms with E-state index < -0.39 is 0 Å². The first kappa shape index (κ1) is 17.1. The summed E-state index contributed by atoms with van der Waals surface area (Å²) in [6.45, 7) is 12.8. The Morgan fingerprint density at radius 3 is 2.44 bits per heavy atom. The average molecular weight is 256 g/mol. The van der Waals surface area contributed by atoms with Crippen molar-refractivity contribution in [1.29, 1.82) is 0 Å². The van der Waals surface area contributed by atoms with Crippen molar-refractivity contribution >= 4 is 5.91 Å². The van der Waals surface area contributed by atoms with Crippen molar-refractivity contribution in [2.24, 2.45) is 5.73 Å². The lowest BCUT2D eigenvalue weighted by atomic mass is 9.94. The van der Waals surface area contributed by atoms with Gasteiger partial charge in [0.05, 0.1) is 5.60 Å². The first-order valence-electron chi connectivity index (χ1n) is 6.57. The van der Waals surface area contributed by atoms with Crippen LogP contribution in [0.3, 0.4) is 0 Å². The van der Waals surface area contributed by atoms with Gasteiger partial charge in [-0.25, -0.2) is 0 Å². The first-order valence-corrected chi connectivity index (χ1v) is 6.57. The van der Waals surface area contributed by atoms with Crippen molar-refractivity contribution in [1.82, 2.24) is 5.32 Å². The number of nitrogens with one attached hydrogen (secondary N) is 1. The largest absolute Gasteiger partial charge is 0.375 e. The standard InChI is InChI=1S/C14H28N2O2/c1-6-12(17)16-14(5,7-2)9-11-18-13(3,4)8-10-15/h6H,1,7-11,15H2,2-5H3,(H,16,17). The van der Waals surface area contributed by atoms with Crippen LogP contribution >= 0.6 is 0 Å². The Hall–Kier alpha value is -0.870. The second-order valence-electron chi connectivity index (χ2n) is 5.50. The molecule has 0 bridgehead atoms.